The van der Waals surface area contributed by atoms with E-state index < -0.39 is 17.7 Å². The summed E-state index contributed by atoms with van der Waals surface area (Å²) in [6.07, 6.45) is 1.65. The van der Waals surface area contributed by atoms with Crippen molar-refractivity contribution in [3.8, 4) is 0 Å². The van der Waals surface area contributed by atoms with Crippen LogP contribution in [-0.2, 0) is 13.0 Å². The predicted octanol–water partition coefficient (Wildman–Crippen LogP) is 3.16. The molecule has 1 aliphatic carbocycles. The highest BCUT2D eigenvalue weighted by molar-refractivity contribution is 5.75. The average Bonchev–Trinajstić information content (AvgIpc) is 3.04. The Morgan fingerprint density at radius 2 is 2.04 bits per heavy atom. The van der Waals surface area contributed by atoms with E-state index in [0.717, 1.165) is 36.6 Å². The Morgan fingerprint density at radius 1 is 1.24 bits per heavy atom. The highest BCUT2D eigenvalue weighted by atomic mass is 19.1. The van der Waals surface area contributed by atoms with Crippen LogP contribution in [0.15, 0.2) is 42.5 Å². The van der Waals surface area contributed by atoms with Gasteiger partial charge in [0, 0.05) is 18.7 Å². The Morgan fingerprint density at radius 3 is 2.84 bits per heavy atom. The zero-order valence-corrected chi connectivity index (χ0v) is 13.7. The normalized spacial score (nSPS) is 15.7. The van der Waals surface area contributed by atoms with Crippen molar-refractivity contribution in [3.63, 3.8) is 0 Å². The van der Waals surface area contributed by atoms with Crippen molar-refractivity contribution in [2.75, 3.05) is 13.2 Å². The molecule has 4 nitrogen and oxygen atoms in total. The van der Waals surface area contributed by atoms with Gasteiger partial charge in [-0.15, -0.1) is 0 Å². The molecular weight excluding hydrogens is 326 g/mol. The molecule has 0 spiro atoms. The van der Waals surface area contributed by atoms with E-state index in [0.29, 0.717) is 0 Å². The number of fused-ring (bicyclic) bond motifs is 1. The molecule has 0 aromatic heterocycles. The van der Waals surface area contributed by atoms with Gasteiger partial charge in [-0.2, -0.15) is 0 Å². The van der Waals surface area contributed by atoms with Gasteiger partial charge in [-0.3, -0.25) is 0 Å². The van der Waals surface area contributed by atoms with Gasteiger partial charge in [0.2, 0.25) is 0 Å². The van der Waals surface area contributed by atoms with Crippen LogP contribution in [0, 0.1) is 11.6 Å². The molecule has 1 atom stereocenters. The number of nitrogens with one attached hydrogen (secondary N) is 1. The zero-order chi connectivity index (χ0) is 17.8. The van der Waals surface area contributed by atoms with Crippen LogP contribution in [0.2, 0.25) is 0 Å². The highest BCUT2D eigenvalue weighted by Gasteiger charge is 2.30. The van der Waals surface area contributed by atoms with E-state index in [1.165, 1.54) is 5.56 Å². The Balaban J connectivity index is 1.73. The van der Waals surface area contributed by atoms with Gasteiger partial charge < -0.3 is 15.3 Å². The number of benzene rings is 2. The van der Waals surface area contributed by atoms with E-state index in [4.69, 9.17) is 0 Å². The molecule has 0 bridgehead atoms. The van der Waals surface area contributed by atoms with Crippen molar-refractivity contribution in [2.24, 2.45) is 0 Å². The third-order valence-electron chi connectivity index (χ3n) is 4.52. The monoisotopic (exact) mass is 346 g/mol. The lowest BCUT2D eigenvalue weighted by Gasteiger charge is -2.29. The van der Waals surface area contributed by atoms with Gasteiger partial charge in [0.05, 0.1) is 12.6 Å². The highest BCUT2D eigenvalue weighted by Crippen LogP contribution is 2.35. The van der Waals surface area contributed by atoms with Crippen LogP contribution in [0.25, 0.3) is 0 Å². The van der Waals surface area contributed by atoms with E-state index in [-0.39, 0.29) is 31.3 Å². The molecule has 3 rings (SSSR count). The van der Waals surface area contributed by atoms with E-state index in [9.17, 15) is 18.7 Å². The minimum atomic E-state index is -0.568. The summed E-state index contributed by atoms with van der Waals surface area (Å²) < 4.78 is 26.9. The third kappa shape index (κ3) is 3.79. The van der Waals surface area contributed by atoms with Gasteiger partial charge in [0.25, 0.3) is 0 Å². The minimum Gasteiger partial charge on any atom is -0.395 e. The molecule has 0 heterocycles. The fourth-order valence-corrected chi connectivity index (χ4v) is 3.32. The maximum atomic E-state index is 13.7. The number of nitrogens with zero attached hydrogens (tertiary/aromatic N) is 1. The molecule has 0 fully saturated rings. The first-order valence-corrected chi connectivity index (χ1v) is 8.27. The molecule has 0 saturated carbocycles. The van der Waals surface area contributed by atoms with Crippen LogP contribution >= 0.6 is 0 Å². The standard InChI is InChI=1S/C19H20F2N2O2/c20-15-6-7-17(21)14(11-15)12-22-19(25)23(9-10-24)18-8-5-13-3-1-2-4-16(13)18/h1-4,6-7,11,18,24H,5,8-10,12H2,(H,22,25). The number of hydrogen-bond acceptors (Lipinski definition) is 2. The first-order valence-electron chi connectivity index (χ1n) is 8.27. The summed E-state index contributed by atoms with van der Waals surface area (Å²) in [5, 5.41) is 12.0. The Hall–Kier alpha value is -2.47. The van der Waals surface area contributed by atoms with Gasteiger partial charge in [0.15, 0.2) is 0 Å². The predicted molar refractivity (Wildman–Crippen MR) is 89.9 cm³/mol. The second-order valence-electron chi connectivity index (χ2n) is 6.06. The molecule has 0 radical (unpaired) electrons. The fourth-order valence-electron chi connectivity index (χ4n) is 3.32. The summed E-state index contributed by atoms with van der Waals surface area (Å²) in [4.78, 5) is 14.1. The number of carbonyl (C=O) groups is 1. The second-order valence-corrected chi connectivity index (χ2v) is 6.06. The lowest BCUT2D eigenvalue weighted by Crippen LogP contribution is -2.43. The minimum absolute atomic E-state index is 0.0871. The summed E-state index contributed by atoms with van der Waals surface area (Å²) in [6.45, 7) is -0.102. The molecule has 1 unspecified atom stereocenters. The second kappa shape index (κ2) is 7.61. The van der Waals surface area contributed by atoms with Crippen LogP contribution in [0.5, 0.6) is 0 Å². The van der Waals surface area contributed by atoms with E-state index >= 15 is 0 Å². The van der Waals surface area contributed by atoms with Crippen LogP contribution in [-0.4, -0.2) is 29.2 Å². The van der Waals surface area contributed by atoms with Crippen LogP contribution in [0.3, 0.4) is 0 Å². The average molecular weight is 346 g/mol. The largest absolute Gasteiger partial charge is 0.395 e. The van der Waals surface area contributed by atoms with E-state index in [1.54, 1.807) is 4.90 Å². The van der Waals surface area contributed by atoms with Crippen LogP contribution in [0.1, 0.15) is 29.2 Å². The molecule has 25 heavy (non-hydrogen) atoms. The summed E-state index contributed by atoms with van der Waals surface area (Å²) in [5.41, 5.74) is 2.35. The lowest BCUT2D eigenvalue weighted by atomic mass is 10.1. The number of halogens is 2. The molecule has 1 aliphatic rings. The molecule has 2 aromatic carbocycles. The molecule has 2 aromatic rings. The van der Waals surface area contributed by atoms with Gasteiger partial charge in [0.1, 0.15) is 11.6 Å². The molecule has 2 amide bonds. The Bertz CT molecular complexity index is 767. The van der Waals surface area contributed by atoms with Gasteiger partial charge >= 0.3 is 6.03 Å². The van der Waals surface area contributed by atoms with Crippen molar-refractivity contribution in [1.29, 1.82) is 0 Å². The quantitative estimate of drug-likeness (QED) is 0.874. The molecule has 6 heteroatoms. The SMILES string of the molecule is O=C(NCc1cc(F)ccc1F)N(CCO)C1CCc2ccccc21. The van der Waals surface area contributed by atoms with Gasteiger partial charge in [-0.05, 0) is 42.2 Å². The number of hydrogen-bond donors (Lipinski definition) is 2. The van der Waals surface area contributed by atoms with Gasteiger partial charge in [-0.1, -0.05) is 24.3 Å². The Kier molecular flexibility index (Phi) is 5.28. The first-order chi connectivity index (χ1) is 12.1. The van der Waals surface area contributed by atoms with Gasteiger partial charge in [-0.25, -0.2) is 13.6 Å². The molecule has 132 valence electrons. The number of aryl methyl sites for hydroxylation is 1. The van der Waals surface area contributed by atoms with Crippen LogP contribution < -0.4 is 5.32 Å². The maximum absolute atomic E-state index is 13.7. The summed E-state index contributed by atoms with van der Waals surface area (Å²) in [7, 11) is 0. The van der Waals surface area contributed by atoms with Crippen molar-refractivity contribution >= 4 is 6.03 Å². The number of aliphatic hydroxyl groups is 1. The topological polar surface area (TPSA) is 52.6 Å². The number of aliphatic hydroxyl groups excluding tert-OH is 1. The summed E-state index contributed by atoms with van der Waals surface area (Å²) >= 11 is 0. The summed E-state index contributed by atoms with van der Waals surface area (Å²) in [6, 6.07) is 10.5. The zero-order valence-electron chi connectivity index (χ0n) is 13.7. The Labute approximate surface area is 145 Å². The smallest absolute Gasteiger partial charge is 0.318 e. The third-order valence-corrected chi connectivity index (χ3v) is 4.52. The molecule has 0 aliphatic heterocycles. The number of amides is 2. The van der Waals surface area contributed by atoms with E-state index in [2.05, 4.69) is 5.32 Å². The van der Waals surface area contributed by atoms with Crippen molar-refractivity contribution in [1.82, 2.24) is 10.2 Å². The van der Waals surface area contributed by atoms with Crippen molar-refractivity contribution < 1.29 is 18.7 Å². The van der Waals surface area contributed by atoms with Crippen molar-refractivity contribution in [3.05, 3.63) is 70.8 Å². The number of rotatable bonds is 5. The first kappa shape index (κ1) is 17.4. The van der Waals surface area contributed by atoms with Crippen molar-refractivity contribution in [2.45, 2.75) is 25.4 Å². The number of urea groups is 1. The lowest BCUT2D eigenvalue weighted by molar-refractivity contribution is 0.151. The van der Waals surface area contributed by atoms with E-state index in [1.807, 2.05) is 24.3 Å². The fraction of sp³-hybridized carbons (Fsp3) is 0.316. The maximum Gasteiger partial charge on any atom is 0.318 e. The molecule has 2 N–H and O–H groups in total. The molecular formula is C19H20F2N2O2. The number of carbonyl (C=O) groups excluding carboxylic acids is 1. The molecule has 0 saturated heterocycles. The summed E-state index contributed by atoms with van der Waals surface area (Å²) in [5.74, 6) is -1.12. The van der Waals surface area contributed by atoms with Crippen LogP contribution in [0.4, 0.5) is 13.6 Å².